The van der Waals surface area contributed by atoms with Crippen molar-refractivity contribution in [1.29, 1.82) is 0 Å². The molecule has 4 rings (SSSR count). The first kappa shape index (κ1) is 26.1. The summed E-state index contributed by atoms with van der Waals surface area (Å²) < 4.78 is 19.2. The molecule has 186 valence electrons. The van der Waals surface area contributed by atoms with Gasteiger partial charge in [-0.15, -0.1) is 0 Å². The van der Waals surface area contributed by atoms with E-state index in [0.717, 1.165) is 32.8 Å². The van der Waals surface area contributed by atoms with E-state index in [-0.39, 0.29) is 18.6 Å². The minimum Gasteiger partial charge on any atom is -0.493 e. The van der Waals surface area contributed by atoms with Crippen molar-refractivity contribution in [1.82, 2.24) is 0 Å². The number of halogens is 2. The molecule has 4 nitrogen and oxygen atoms in total. The van der Waals surface area contributed by atoms with E-state index in [4.69, 9.17) is 14.2 Å². The van der Waals surface area contributed by atoms with Gasteiger partial charge in [0.15, 0.2) is 0 Å². The minimum absolute atomic E-state index is 0.131. The Bertz CT molecular complexity index is 1100. The van der Waals surface area contributed by atoms with Crippen molar-refractivity contribution in [2.24, 2.45) is 5.92 Å². The van der Waals surface area contributed by atoms with Crippen LogP contribution in [0.3, 0.4) is 0 Å². The summed E-state index contributed by atoms with van der Waals surface area (Å²) in [7, 11) is 0. The van der Waals surface area contributed by atoms with E-state index in [1.807, 2.05) is 31.2 Å². The Morgan fingerprint density at radius 3 is 1.83 bits per heavy atom. The third kappa shape index (κ3) is 7.02. The molecule has 1 aliphatic rings. The molecule has 1 atom stereocenters. The molecule has 1 aliphatic carbocycles. The first-order valence-electron chi connectivity index (χ1n) is 12.0. The molecule has 0 bridgehead atoms. The lowest BCUT2D eigenvalue weighted by molar-refractivity contribution is 0.0621. The number of aryl methyl sites for hydroxylation is 1. The van der Waals surface area contributed by atoms with Crippen LogP contribution >= 0.6 is 31.9 Å². The SMILES string of the molecule is Cc1cc(Br)c(OCC(O)COc2ccc(C(C)(C)c3ccc(OCC4CC4)cc3)cc2)c(Br)c1. The molecule has 1 unspecified atom stereocenters. The Labute approximate surface area is 224 Å². The van der Waals surface area contributed by atoms with Crippen LogP contribution in [0, 0.1) is 12.8 Å². The zero-order chi connectivity index (χ0) is 25.0. The molecule has 0 amide bonds. The molecule has 35 heavy (non-hydrogen) atoms. The van der Waals surface area contributed by atoms with Crippen molar-refractivity contribution < 1.29 is 19.3 Å². The van der Waals surface area contributed by atoms with E-state index < -0.39 is 6.10 Å². The Morgan fingerprint density at radius 2 is 1.31 bits per heavy atom. The molecule has 1 N–H and O–H groups in total. The van der Waals surface area contributed by atoms with Crippen LogP contribution in [0.2, 0.25) is 0 Å². The molecule has 0 heterocycles. The van der Waals surface area contributed by atoms with Gasteiger partial charge in [-0.2, -0.15) is 0 Å². The first-order valence-corrected chi connectivity index (χ1v) is 13.5. The predicted octanol–water partition coefficient (Wildman–Crippen LogP) is 7.45. The van der Waals surface area contributed by atoms with Crippen LogP contribution in [0.5, 0.6) is 17.2 Å². The number of aliphatic hydroxyl groups excluding tert-OH is 1. The summed E-state index contributed by atoms with van der Waals surface area (Å²) in [6.07, 6.45) is 1.83. The van der Waals surface area contributed by atoms with Gasteiger partial charge in [-0.05, 0) is 111 Å². The maximum absolute atomic E-state index is 10.3. The van der Waals surface area contributed by atoms with Crippen LogP contribution in [0.15, 0.2) is 69.6 Å². The third-order valence-electron chi connectivity index (χ3n) is 6.34. The van der Waals surface area contributed by atoms with Crippen LogP contribution in [-0.2, 0) is 5.41 Å². The summed E-state index contributed by atoms with van der Waals surface area (Å²) in [5, 5.41) is 10.3. The van der Waals surface area contributed by atoms with Crippen molar-refractivity contribution in [2.75, 3.05) is 19.8 Å². The molecule has 6 heteroatoms. The summed E-state index contributed by atoms with van der Waals surface area (Å²) in [5.41, 5.74) is 3.37. The quantitative estimate of drug-likeness (QED) is 0.247. The number of hydrogen-bond acceptors (Lipinski definition) is 4. The lowest BCUT2D eigenvalue weighted by Gasteiger charge is -2.26. The fraction of sp³-hybridized carbons (Fsp3) is 0.379. The van der Waals surface area contributed by atoms with Crippen LogP contribution < -0.4 is 14.2 Å². The molecule has 3 aromatic carbocycles. The second-order valence-electron chi connectivity index (χ2n) is 9.76. The van der Waals surface area contributed by atoms with Crippen LogP contribution in [0.25, 0.3) is 0 Å². The standard InChI is InChI=1S/C29H32Br2O4/c1-19-14-26(30)28(27(31)15-19)35-18-23(32)17-34-25-12-8-22(9-13-25)29(2,3)21-6-10-24(11-7-21)33-16-20-4-5-20/h6-15,20,23,32H,4-5,16-18H2,1-3H3. The molecule has 3 aromatic rings. The number of rotatable bonds is 11. The maximum Gasteiger partial charge on any atom is 0.147 e. The molecule has 1 saturated carbocycles. The van der Waals surface area contributed by atoms with E-state index in [9.17, 15) is 5.11 Å². The Balaban J connectivity index is 1.29. The molecule has 0 aliphatic heterocycles. The molecule has 0 aromatic heterocycles. The molecular formula is C29H32Br2O4. The fourth-order valence-electron chi connectivity index (χ4n) is 3.85. The number of aliphatic hydroxyl groups is 1. The lowest BCUT2D eigenvalue weighted by Crippen LogP contribution is -2.25. The van der Waals surface area contributed by atoms with Crippen molar-refractivity contribution in [3.05, 3.63) is 86.3 Å². The average molecular weight is 604 g/mol. The van der Waals surface area contributed by atoms with Gasteiger partial charge < -0.3 is 19.3 Å². The van der Waals surface area contributed by atoms with Gasteiger partial charge >= 0.3 is 0 Å². The second-order valence-corrected chi connectivity index (χ2v) is 11.5. The van der Waals surface area contributed by atoms with E-state index in [1.165, 1.54) is 24.0 Å². The van der Waals surface area contributed by atoms with Crippen LogP contribution in [0.4, 0.5) is 0 Å². The van der Waals surface area contributed by atoms with Crippen molar-refractivity contribution >= 4 is 31.9 Å². The number of benzene rings is 3. The minimum atomic E-state index is -0.758. The van der Waals surface area contributed by atoms with Gasteiger partial charge in [-0.3, -0.25) is 0 Å². The zero-order valence-corrected chi connectivity index (χ0v) is 23.6. The summed E-state index contributed by atoms with van der Waals surface area (Å²) in [4.78, 5) is 0. The van der Waals surface area contributed by atoms with Gasteiger partial charge in [-0.1, -0.05) is 38.1 Å². The van der Waals surface area contributed by atoms with E-state index in [2.05, 4.69) is 82.1 Å². The lowest BCUT2D eigenvalue weighted by atomic mass is 9.78. The van der Waals surface area contributed by atoms with Crippen LogP contribution in [-0.4, -0.2) is 31.0 Å². The average Bonchev–Trinajstić information content (AvgIpc) is 3.66. The molecule has 0 spiro atoms. The number of ether oxygens (including phenoxy) is 3. The van der Waals surface area contributed by atoms with E-state index in [0.29, 0.717) is 11.5 Å². The molecule has 0 saturated heterocycles. The Kier molecular flexibility index (Phi) is 8.46. The predicted molar refractivity (Wildman–Crippen MR) is 147 cm³/mol. The third-order valence-corrected chi connectivity index (χ3v) is 7.52. The van der Waals surface area contributed by atoms with Gasteiger partial charge in [-0.25, -0.2) is 0 Å². The smallest absolute Gasteiger partial charge is 0.147 e. The van der Waals surface area contributed by atoms with Gasteiger partial charge in [0.05, 0.1) is 15.6 Å². The van der Waals surface area contributed by atoms with Gasteiger partial charge in [0.25, 0.3) is 0 Å². The van der Waals surface area contributed by atoms with Gasteiger partial charge in [0.1, 0.15) is 36.6 Å². The Morgan fingerprint density at radius 1 is 0.829 bits per heavy atom. The molecular weight excluding hydrogens is 572 g/mol. The number of hydrogen-bond donors (Lipinski definition) is 1. The van der Waals surface area contributed by atoms with Gasteiger partial charge in [0, 0.05) is 5.41 Å². The topological polar surface area (TPSA) is 47.9 Å². The normalized spacial score (nSPS) is 14.5. The van der Waals surface area contributed by atoms with Crippen molar-refractivity contribution in [3.8, 4) is 17.2 Å². The second kappa shape index (κ2) is 11.4. The van der Waals surface area contributed by atoms with Crippen molar-refractivity contribution in [2.45, 2.75) is 45.1 Å². The molecule has 1 fully saturated rings. The maximum atomic E-state index is 10.3. The van der Waals surface area contributed by atoms with Gasteiger partial charge in [0.2, 0.25) is 0 Å². The summed E-state index contributed by atoms with van der Waals surface area (Å²) in [6.45, 7) is 7.54. The Hall–Kier alpha value is -2.02. The summed E-state index contributed by atoms with van der Waals surface area (Å²) in [5.74, 6) is 3.07. The highest BCUT2D eigenvalue weighted by molar-refractivity contribution is 9.11. The summed E-state index contributed by atoms with van der Waals surface area (Å²) in [6, 6.07) is 20.4. The van der Waals surface area contributed by atoms with Crippen LogP contribution in [0.1, 0.15) is 43.4 Å². The largest absolute Gasteiger partial charge is 0.493 e. The first-order chi connectivity index (χ1) is 16.7. The highest BCUT2D eigenvalue weighted by Gasteiger charge is 2.24. The highest BCUT2D eigenvalue weighted by atomic mass is 79.9. The zero-order valence-electron chi connectivity index (χ0n) is 20.4. The van der Waals surface area contributed by atoms with E-state index in [1.54, 1.807) is 0 Å². The monoisotopic (exact) mass is 602 g/mol. The highest BCUT2D eigenvalue weighted by Crippen LogP contribution is 2.36. The fourth-order valence-corrected chi connectivity index (χ4v) is 5.49. The van der Waals surface area contributed by atoms with Crippen molar-refractivity contribution in [3.63, 3.8) is 0 Å². The molecule has 0 radical (unpaired) electrons. The summed E-state index contributed by atoms with van der Waals surface area (Å²) >= 11 is 7.01. The van der Waals surface area contributed by atoms with E-state index >= 15 is 0 Å².